The molecule has 0 N–H and O–H groups in total. The van der Waals surface area contributed by atoms with Crippen molar-refractivity contribution in [2.24, 2.45) is 10.8 Å². The first-order valence-electron chi connectivity index (χ1n) is 6.62. The van der Waals surface area contributed by atoms with E-state index < -0.39 is 0 Å². The molecule has 0 bridgehead atoms. The van der Waals surface area contributed by atoms with Crippen LogP contribution < -0.4 is 0 Å². The third-order valence-corrected chi connectivity index (χ3v) is 3.40. The quantitative estimate of drug-likeness (QED) is 0.662. The second-order valence-corrected chi connectivity index (χ2v) is 7.51. The molecular weight excluding hydrogens is 224 g/mol. The van der Waals surface area contributed by atoms with E-state index in [2.05, 4.69) is 53.5 Å². The molecule has 0 aromatic carbocycles. The molecule has 3 heteroatoms. The van der Waals surface area contributed by atoms with Gasteiger partial charge in [0.1, 0.15) is 0 Å². The summed E-state index contributed by atoms with van der Waals surface area (Å²) in [5, 5.41) is 0. The van der Waals surface area contributed by atoms with Crippen molar-refractivity contribution in [2.45, 2.75) is 41.5 Å². The Morgan fingerprint density at radius 1 is 0.944 bits per heavy atom. The average molecular weight is 252 g/mol. The third-order valence-electron chi connectivity index (χ3n) is 3.40. The molecular formula is C15H28N2O. The average Bonchev–Trinajstić information content (AvgIpc) is 2.22. The predicted molar refractivity (Wildman–Crippen MR) is 76.2 cm³/mol. The molecule has 0 aromatic heterocycles. The molecule has 0 saturated carbocycles. The molecule has 3 nitrogen and oxygen atoms in total. The Balaban J connectivity index is 3.46. The van der Waals surface area contributed by atoms with Crippen LogP contribution in [0.1, 0.15) is 41.5 Å². The van der Waals surface area contributed by atoms with Gasteiger partial charge in [0.25, 0.3) is 5.91 Å². The summed E-state index contributed by atoms with van der Waals surface area (Å²) in [4.78, 5) is 16.7. The summed E-state index contributed by atoms with van der Waals surface area (Å²) in [6.07, 6.45) is 0. The second kappa shape index (κ2) is 4.69. The lowest BCUT2D eigenvalue weighted by Crippen LogP contribution is -2.36. The SMILES string of the molecule is CN1CC(C(C)(C)C)=C(C(C)(C)C)C(=O)N(C)C1. The zero-order valence-electron chi connectivity index (χ0n) is 13.2. The summed E-state index contributed by atoms with van der Waals surface area (Å²) in [6, 6.07) is 0. The number of likely N-dealkylation sites (N-methyl/N-ethyl adjacent to an activating group) is 2. The van der Waals surface area contributed by atoms with Gasteiger partial charge in [-0.2, -0.15) is 0 Å². The van der Waals surface area contributed by atoms with Gasteiger partial charge in [-0.25, -0.2) is 0 Å². The maximum absolute atomic E-state index is 12.6. The van der Waals surface area contributed by atoms with E-state index in [0.717, 1.165) is 12.1 Å². The van der Waals surface area contributed by atoms with Gasteiger partial charge >= 0.3 is 0 Å². The van der Waals surface area contributed by atoms with Gasteiger partial charge in [-0.3, -0.25) is 9.69 Å². The molecule has 1 aliphatic rings. The number of carbonyl (C=O) groups excluding carboxylic acids is 1. The Labute approximate surface area is 112 Å². The zero-order chi connectivity index (χ0) is 14.3. The highest BCUT2D eigenvalue weighted by Crippen LogP contribution is 2.38. The summed E-state index contributed by atoms with van der Waals surface area (Å²) in [7, 11) is 3.96. The van der Waals surface area contributed by atoms with E-state index in [0.29, 0.717) is 6.67 Å². The van der Waals surface area contributed by atoms with Crippen molar-refractivity contribution in [1.29, 1.82) is 0 Å². The molecule has 1 amide bonds. The number of rotatable bonds is 0. The van der Waals surface area contributed by atoms with Crippen molar-refractivity contribution in [3.05, 3.63) is 11.1 Å². The fourth-order valence-corrected chi connectivity index (χ4v) is 2.53. The molecule has 1 aliphatic heterocycles. The van der Waals surface area contributed by atoms with Crippen molar-refractivity contribution < 1.29 is 4.79 Å². The summed E-state index contributed by atoms with van der Waals surface area (Å²) in [5.41, 5.74) is 2.17. The van der Waals surface area contributed by atoms with Crippen LogP contribution in [0.2, 0.25) is 0 Å². The molecule has 1 rings (SSSR count). The summed E-state index contributed by atoms with van der Waals surface area (Å²) < 4.78 is 0. The van der Waals surface area contributed by atoms with Gasteiger partial charge in [0.05, 0.1) is 6.67 Å². The third kappa shape index (κ3) is 3.14. The van der Waals surface area contributed by atoms with Crippen LogP contribution >= 0.6 is 0 Å². The smallest absolute Gasteiger partial charge is 0.251 e. The molecule has 18 heavy (non-hydrogen) atoms. The number of nitrogens with zero attached hydrogens (tertiary/aromatic N) is 2. The predicted octanol–water partition coefficient (Wildman–Crippen LogP) is 2.74. The summed E-state index contributed by atoms with van der Waals surface area (Å²) >= 11 is 0. The van der Waals surface area contributed by atoms with E-state index in [4.69, 9.17) is 0 Å². The first-order chi connectivity index (χ1) is 7.94. The molecule has 0 unspecified atom stereocenters. The fourth-order valence-electron chi connectivity index (χ4n) is 2.53. The van der Waals surface area contributed by atoms with E-state index in [9.17, 15) is 4.79 Å². The topological polar surface area (TPSA) is 23.6 Å². The van der Waals surface area contributed by atoms with Crippen molar-refractivity contribution >= 4 is 5.91 Å². The lowest BCUT2D eigenvalue weighted by molar-refractivity contribution is -0.128. The Bertz CT molecular complexity index is 369. The molecule has 0 aromatic rings. The van der Waals surface area contributed by atoms with Gasteiger partial charge in [-0.15, -0.1) is 0 Å². The largest absolute Gasteiger partial charge is 0.329 e. The minimum absolute atomic E-state index is 0.0255. The Kier molecular flexibility index (Phi) is 3.97. The van der Waals surface area contributed by atoms with Crippen molar-refractivity contribution in [3.8, 4) is 0 Å². The molecule has 0 radical (unpaired) electrons. The fraction of sp³-hybridized carbons (Fsp3) is 0.800. The van der Waals surface area contributed by atoms with Crippen LogP contribution in [0.5, 0.6) is 0 Å². The highest BCUT2D eigenvalue weighted by atomic mass is 16.2. The molecule has 0 aliphatic carbocycles. The number of hydrogen-bond donors (Lipinski definition) is 0. The van der Waals surface area contributed by atoms with E-state index in [-0.39, 0.29) is 16.7 Å². The van der Waals surface area contributed by atoms with Crippen LogP contribution in [0, 0.1) is 10.8 Å². The number of carbonyl (C=O) groups is 1. The minimum Gasteiger partial charge on any atom is -0.329 e. The molecule has 0 spiro atoms. The monoisotopic (exact) mass is 252 g/mol. The number of hydrogen-bond acceptors (Lipinski definition) is 2. The van der Waals surface area contributed by atoms with Gasteiger partial charge in [-0.05, 0) is 23.5 Å². The van der Waals surface area contributed by atoms with Crippen LogP contribution in [0.3, 0.4) is 0 Å². The standard InChI is InChI=1S/C15H28N2O/c1-14(2,3)11-9-16(7)10-17(8)13(18)12(11)15(4,5)6/h9-10H2,1-8H3. The van der Waals surface area contributed by atoms with E-state index in [1.54, 1.807) is 0 Å². The summed E-state index contributed by atoms with van der Waals surface area (Å²) in [6.45, 7) is 14.5. The maximum atomic E-state index is 12.6. The van der Waals surface area contributed by atoms with Crippen molar-refractivity contribution in [3.63, 3.8) is 0 Å². The van der Waals surface area contributed by atoms with Gasteiger partial charge < -0.3 is 4.90 Å². The van der Waals surface area contributed by atoms with E-state index in [1.165, 1.54) is 5.57 Å². The number of amides is 1. The highest BCUT2D eigenvalue weighted by Gasteiger charge is 2.36. The summed E-state index contributed by atoms with van der Waals surface area (Å²) in [5.74, 6) is 0.178. The lowest BCUT2D eigenvalue weighted by Gasteiger charge is -2.32. The van der Waals surface area contributed by atoms with Crippen LogP contribution in [-0.4, -0.2) is 43.0 Å². The molecule has 104 valence electrons. The maximum Gasteiger partial charge on any atom is 0.251 e. The second-order valence-electron chi connectivity index (χ2n) is 7.51. The molecule has 0 saturated heterocycles. The Hall–Kier alpha value is -0.830. The van der Waals surface area contributed by atoms with Crippen LogP contribution in [0.15, 0.2) is 11.1 Å². The van der Waals surface area contributed by atoms with Gasteiger partial charge in [-0.1, -0.05) is 41.5 Å². The first-order valence-corrected chi connectivity index (χ1v) is 6.62. The molecule has 0 atom stereocenters. The van der Waals surface area contributed by atoms with Gasteiger partial charge in [0.2, 0.25) is 0 Å². The minimum atomic E-state index is -0.112. The zero-order valence-corrected chi connectivity index (χ0v) is 13.2. The van der Waals surface area contributed by atoms with Crippen molar-refractivity contribution in [2.75, 3.05) is 27.3 Å². The first kappa shape index (κ1) is 15.2. The highest BCUT2D eigenvalue weighted by molar-refractivity contribution is 5.95. The van der Waals surface area contributed by atoms with Crippen LogP contribution in [0.4, 0.5) is 0 Å². The lowest BCUT2D eigenvalue weighted by atomic mass is 9.74. The molecule has 1 heterocycles. The Morgan fingerprint density at radius 2 is 1.44 bits per heavy atom. The molecule has 0 fully saturated rings. The normalized spacial score (nSPS) is 20.4. The Morgan fingerprint density at radius 3 is 1.83 bits per heavy atom. The van der Waals surface area contributed by atoms with Gasteiger partial charge in [0, 0.05) is 19.2 Å². The van der Waals surface area contributed by atoms with Crippen LogP contribution in [0.25, 0.3) is 0 Å². The van der Waals surface area contributed by atoms with E-state index in [1.807, 2.05) is 11.9 Å². The van der Waals surface area contributed by atoms with E-state index >= 15 is 0 Å². The van der Waals surface area contributed by atoms with Gasteiger partial charge in [0.15, 0.2) is 0 Å². The van der Waals surface area contributed by atoms with Crippen molar-refractivity contribution in [1.82, 2.24) is 9.80 Å². The van der Waals surface area contributed by atoms with Crippen LogP contribution in [-0.2, 0) is 4.79 Å².